The first kappa shape index (κ1) is 37.2. The maximum Gasteiger partial charge on any atom is 0.264 e. The van der Waals surface area contributed by atoms with Crippen molar-refractivity contribution in [3.05, 3.63) is 70.3 Å². The van der Waals surface area contributed by atoms with Gasteiger partial charge in [-0.15, -0.1) is 0 Å². The number of nitrogens with zero attached hydrogens (tertiary/aromatic N) is 2. The maximum absolute atomic E-state index is 13.7. The minimum absolute atomic E-state index is 0.0431. The van der Waals surface area contributed by atoms with E-state index in [1.807, 2.05) is 56.0 Å². The van der Waals surface area contributed by atoms with Crippen molar-refractivity contribution in [1.29, 1.82) is 0 Å². The van der Waals surface area contributed by atoms with Crippen molar-refractivity contribution in [3.63, 3.8) is 0 Å². The highest BCUT2D eigenvalue weighted by molar-refractivity contribution is 7.90. The van der Waals surface area contributed by atoms with Gasteiger partial charge in [0.05, 0.1) is 23.0 Å². The normalized spacial score (nSPS) is 28.0. The van der Waals surface area contributed by atoms with Crippen molar-refractivity contribution < 1.29 is 27.5 Å². The number of nitrogens with one attached hydrogen (secondary N) is 1. The highest BCUT2D eigenvalue weighted by Crippen LogP contribution is 2.48. The molecule has 2 bridgehead atoms. The molecule has 1 aliphatic carbocycles. The fourth-order valence-electron chi connectivity index (χ4n) is 7.58. The summed E-state index contributed by atoms with van der Waals surface area (Å²) < 4.78 is 42.1. The second-order valence-corrected chi connectivity index (χ2v) is 16.4. The van der Waals surface area contributed by atoms with Crippen molar-refractivity contribution in [2.24, 2.45) is 17.8 Å². The van der Waals surface area contributed by atoms with Crippen LogP contribution in [0.5, 0.6) is 5.75 Å². The van der Waals surface area contributed by atoms with E-state index in [4.69, 9.17) is 21.1 Å². The van der Waals surface area contributed by atoms with E-state index in [9.17, 15) is 18.0 Å². The zero-order chi connectivity index (χ0) is 35.3. The molecule has 3 aliphatic rings. The van der Waals surface area contributed by atoms with E-state index in [2.05, 4.69) is 9.62 Å². The third kappa shape index (κ3) is 8.29. The van der Waals surface area contributed by atoms with Crippen LogP contribution in [0.15, 0.2) is 48.6 Å². The largest absolute Gasteiger partial charge is 0.487 e. The zero-order valence-electron chi connectivity index (χ0n) is 29.5. The number of allylic oxidation sites excluding steroid dienone is 1. The molecule has 1 saturated carbocycles. The monoisotopic (exact) mass is 713 g/mol. The molecule has 49 heavy (non-hydrogen) atoms. The molecule has 2 amide bonds. The molecule has 0 radical (unpaired) electrons. The minimum Gasteiger partial charge on any atom is -0.487 e. The standard InChI is InChI=1S/C38H52ClN3O6S/c1-6-41(7-2)36(43)23-38(47-5)19-10-11-26(3)27(4)49(45,46)40-37(44)29-15-18-35-34(22-29)42(24-30-14-17-33(30)38)20-9-8-12-28-21-32(39)16-13-31(28)25-48-35/h10,13,15-16,18-19,21-22,26-27,30,33H,6-9,11-12,14,17,20,23-25H2,1-5H3,(H,40,44)/b19-10+/t26-,27+,30-,33+,38+/m0/s1. The number of carbonyl (C=O) groups is 2. The fourth-order valence-corrected chi connectivity index (χ4v) is 9.06. The summed E-state index contributed by atoms with van der Waals surface area (Å²) in [4.78, 5) is 31.3. The first-order valence-corrected chi connectivity index (χ1v) is 19.7. The van der Waals surface area contributed by atoms with Gasteiger partial charge < -0.3 is 19.3 Å². The number of anilines is 1. The van der Waals surface area contributed by atoms with Gasteiger partial charge in [-0.2, -0.15) is 0 Å². The zero-order valence-corrected chi connectivity index (χ0v) is 31.1. The number of halogens is 1. The van der Waals surface area contributed by atoms with Crippen LogP contribution in [0.2, 0.25) is 5.02 Å². The first-order valence-electron chi connectivity index (χ1n) is 17.8. The van der Waals surface area contributed by atoms with Gasteiger partial charge in [-0.05, 0) is 119 Å². The Morgan fingerprint density at radius 3 is 2.57 bits per heavy atom. The summed E-state index contributed by atoms with van der Waals surface area (Å²) in [7, 11) is -2.31. The third-order valence-electron chi connectivity index (χ3n) is 11.1. The summed E-state index contributed by atoms with van der Waals surface area (Å²) in [5.74, 6) is -0.0112. The summed E-state index contributed by atoms with van der Waals surface area (Å²) in [6, 6.07) is 11.1. The van der Waals surface area contributed by atoms with Gasteiger partial charge in [0.25, 0.3) is 5.91 Å². The van der Waals surface area contributed by atoms with Crippen molar-refractivity contribution in [1.82, 2.24) is 9.62 Å². The molecule has 1 fully saturated rings. The lowest BCUT2D eigenvalue weighted by atomic mass is 9.63. The molecule has 2 aromatic carbocycles. The minimum atomic E-state index is -4.00. The van der Waals surface area contributed by atoms with Gasteiger partial charge in [0.15, 0.2) is 0 Å². The third-order valence-corrected chi connectivity index (χ3v) is 13.2. The molecule has 0 saturated heterocycles. The van der Waals surface area contributed by atoms with Crippen LogP contribution in [0.3, 0.4) is 0 Å². The molecule has 0 spiro atoms. The number of hydrogen-bond acceptors (Lipinski definition) is 7. The lowest BCUT2D eigenvalue weighted by Crippen LogP contribution is -2.53. The highest BCUT2D eigenvalue weighted by Gasteiger charge is 2.48. The summed E-state index contributed by atoms with van der Waals surface area (Å²) >= 11 is 6.37. The Balaban J connectivity index is 1.59. The highest BCUT2D eigenvalue weighted by atomic mass is 35.5. The van der Waals surface area contributed by atoms with Gasteiger partial charge in [0.1, 0.15) is 12.4 Å². The molecule has 5 atom stereocenters. The number of ether oxygens (including phenoxy) is 2. The molecule has 1 N–H and O–H groups in total. The number of sulfonamides is 1. The van der Waals surface area contributed by atoms with Gasteiger partial charge in [-0.25, -0.2) is 13.1 Å². The second kappa shape index (κ2) is 15.9. The lowest BCUT2D eigenvalue weighted by Gasteiger charge is -2.50. The molecule has 11 heteroatoms. The lowest BCUT2D eigenvalue weighted by molar-refractivity contribution is -0.142. The smallest absolute Gasteiger partial charge is 0.264 e. The number of hydrogen-bond donors (Lipinski definition) is 1. The fraction of sp³-hybridized carbons (Fsp3) is 0.579. The number of benzene rings is 2. The average Bonchev–Trinajstić information content (AvgIpc) is 3.09. The van der Waals surface area contributed by atoms with Crippen LogP contribution in [0.25, 0.3) is 0 Å². The van der Waals surface area contributed by atoms with E-state index in [1.165, 1.54) is 0 Å². The van der Waals surface area contributed by atoms with Gasteiger partial charge in [0, 0.05) is 43.9 Å². The molecule has 2 heterocycles. The van der Waals surface area contributed by atoms with E-state index in [-0.39, 0.29) is 35.6 Å². The Hall–Kier alpha value is -3.08. The van der Waals surface area contributed by atoms with E-state index >= 15 is 0 Å². The number of aryl methyl sites for hydroxylation is 1. The number of amides is 2. The van der Waals surface area contributed by atoms with Crippen molar-refractivity contribution in [2.45, 2.75) is 90.1 Å². The van der Waals surface area contributed by atoms with Crippen molar-refractivity contribution >= 4 is 39.1 Å². The van der Waals surface area contributed by atoms with Gasteiger partial charge >= 0.3 is 0 Å². The van der Waals surface area contributed by atoms with Crippen LogP contribution in [0, 0.1) is 17.8 Å². The summed E-state index contributed by atoms with van der Waals surface area (Å²) in [6.45, 7) is 10.4. The Morgan fingerprint density at radius 2 is 1.88 bits per heavy atom. The molecule has 9 nitrogen and oxygen atoms in total. The predicted molar refractivity (Wildman–Crippen MR) is 195 cm³/mol. The van der Waals surface area contributed by atoms with E-state index in [0.717, 1.165) is 48.9 Å². The van der Waals surface area contributed by atoms with Crippen LogP contribution in [0.1, 0.15) is 87.7 Å². The molecular weight excluding hydrogens is 662 g/mol. The van der Waals surface area contributed by atoms with E-state index in [1.54, 1.807) is 32.2 Å². The average molecular weight is 714 g/mol. The molecular formula is C38H52ClN3O6S. The molecule has 2 aliphatic heterocycles. The van der Waals surface area contributed by atoms with Gasteiger partial charge in [-0.1, -0.05) is 36.7 Å². The molecule has 268 valence electrons. The Bertz CT molecular complexity index is 1640. The maximum atomic E-state index is 13.7. The van der Waals surface area contributed by atoms with Crippen LogP contribution in [0.4, 0.5) is 5.69 Å². The molecule has 0 aromatic heterocycles. The summed E-state index contributed by atoms with van der Waals surface area (Å²) in [5, 5.41) is -0.145. The summed E-state index contributed by atoms with van der Waals surface area (Å²) in [5.41, 5.74) is 2.38. The number of fused-ring (bicyclic) bond motifs is 3. The van der Waals surface area contributed by atoms with Gasteiger partial charge in [0.2, 0.25) is 15.9 Å². The van der Waals surface area contributed by atoms with Crippen LogP contribution >= 0.6 is 11.6 Å². The number of carbonyl (C=O) groups excluding carboxylic acids is 2. The Morgan fingerprint density at radius 1 is 1.10 bits per heavy atom. The van der Waals surface area contributed by atoms with Gasteiger partial charge in [-0.3, -0.25) is 9.59 Å². The van der Waals surface area contributed by atoms with E-state index in [0.29, 0.717) is 50.0 Å². The second-order valence-electron chi connectivity index (χ2n) is 13.9. The SMILES string of the molecule is CCN(CC)C(=O)C[C@]1(OC)/C=C/C[C@H](C)[C@@H](C)S(=O)(=O)NC(=O)c2ccc3c(c2)N(CCCCc2cc(Cl)ccc2CO3)C[C@@H]2CC[C@H]21. The molecule has 2 aromatic rings. The van der Waals surface area contributed by atoms with Crippen LogP contribution in [-0.4, -0.2) is 69.3 Å². The Labute approximate surface area is 297 Å². The first-order chi connectivity index (χ1) is 23.4. The van der Waals surface area contributed by atoms with Crippen molar-refractivity contribution in [3.8, 4) is 5.75 Å². The molecule has 0 unspecified atom stereocenters. The topological polar surface area (TPSA) is 105 Å². The van der Waals surface area contributed by atoms with Crippen LogP contribution < -0.4 is 14.4 Å². The van der Waals surface area contributed by atoms with Crippen molar-refractivity contribution in [2.75, 3.05) is 38.2 Å². The van der Waals surface area contributed by atoms with E-state index < -0.39 is 26.8 Å². The van der Waals surface area contributed by atoms with Crippen LogP contribution in [-0.2, 0) is 32.6 Å². The Kier molecular flexibility index (Phi) is 12.0. The molecule has 5 rings (SSSR count). The quantitative estimate of drug-likeness (QED) is 0.341. The number of rotatable bonds is 5. The number of methoxy groups -OCH3 is 1. The summed E-state index contributed by atoms with van der Waals surface area (Å²) in [6.07, 6.45) is 9.24. The predicted octanol–water partition coefficient (Wildman–Crippen LogP) is 6.78.